The standard InChI is InChI=1S/C27H30O2/c1-4-23(24-16-18-26(19-17-24)28-21(2)3)12-8-10-22-11-9-15-27(20-22)29-25-13-6-5-7-14-25/h4-7,9,11,13-21,23H,1,8,10,12H2,2-3H3. The van der Waals surface area contributed by atoms with E-state index in [1.807, 2.05) is 56.3 Å². The summed E-state index contributed by atoms with van der Waals surface area (Å²) in [5.41, 5.74) is 2.58. The number of para-hydroxylation sites is 1. The summed E-state index contributed by atoms with van der Waals surface area (Å²) in [4.78, 5) is 0. The van der Waals surface area contributed by atoms with E-state index in [1.165, 1.54) is 11.1 Å². The molecule has 0 spiro atoms. The minimum absolute atomic E-state index is 0.192. The van der Waals surface area contributed by atoms with Crippen LogP contribution in [0.3, 0.4) is 0 Å². The minimum Gasteiger partial charge on any atom is -0.491 e. The second-order valence-electron chi connectivity index (χ2n) is 7.53. The molecule has 0 saturated heterocycles. The lowest BCUT2D eigenvalue weighted by molar-refractivity contribution is 0.242. The Morgan fingerprint density at radius 2 is 1.55 bits per heavy atom. The first-order chi connectivity index (χ1) is 14.1. The van der Waals surface area contributed by atoms with Crippen LogP contribution < -0.4 is 9.47 Å². The van der Waals surface area contributed by atoms with E-state index in [1.54, 1.807) is 0 Å². The average molecular weight is 387 g/mol. The molecule has 0 aliphatic carbocycles. The second kappa shape index (κ2) is 10.5. The summed E-state index contributed by atoms with van der Waals surface area (Å²) < 4.78 is 11.7. The van der Waals surface area contributed by atoms with Crippen molar-refractivity contribution in [1.82, 2.24) is 0 Å². The SMILES string of the molecule is C=CC(CCCc1cccc(Oc2ccccc2)c1)c1ccc(OC(C)C)cc1. The Labute approximate surface area is 174 Å². The van der Waals surface area contributed by atoms with Gasteiger partial charge in [0.15, 0.2) is 0 Å². The summed E-state index contributed by atoms with van der Waals surface area (Å²) in [6.07, 6.45) is 5.42. The van der Waals surface area contributed by atoms with Crippen molar-refractivity contribution in [2.75, 3.05) is 0 Å². The van der Waals surface area contributed by atoms with E-state index >= 15 is 0 Å². The third-order valence-electron chi connectivity index (χ3n) is 4.82. The number of hydrogen-bond acceptors (Lipinski definition) is 2. The molecule has 1 atom stereocenters. The van der Waals surface area contributed by atoms with Crippen molar-refractivity contribution < 1.29 is 9.47 Å². The molecule has 0 fully saturated rings. The molecule has 2 nitrogen and oxygen atoms in total. The van der Waals surface area contributed by atoms with Crippen LogP contribution in [0.15, 0.2) is 91.5 Å². The maximum Gasteiger partial charge on any atom is 0.127 e. The molecule has 29 heavy (non-hydrogen) atoms. The predicted octanol–water partition coefficient (Wildman–Crippen LogP) is 7.56. The summed E-state index contributed by atoms with van der Waals surface area (Å²) >= 11 is 0. The summed E-state index contributed by atoms with van der Waals surface area (Å²) in [6, 6.07) is 26.7. The van der Waals surface area contributed by atoms with Gasteiger partial charge in [0.05, 0.1) is 6.10 Å². The van der Waals surface area contributed by atoms with Crippen molar-refractivity contribution in [3.8, 4) is 17.2 Å². The highest BCUT2D eigenvalue weighted by Gasteiger charge is 2.09. The van der Waals surface area contributed by atoms with Gasteiger partial charge < -0.3 is 9.47 Å². The Morgan fingerprint density at radius 3 is 2.24 bits per heavy atom. The third-order valence-corrected chi connectivity index (χ3v) is 4.82. The molecule has 3 aromatic rings. The lowest BCUT2D eigenvalue weighted by Crippen LogP contribution is -2.05. The van der Waals surface area contributed by atoms with Crippen LogP contribution in [0, 0.1) is 0 Å². The van der Waals surface area contributed by atoms with Gasteiger partial charge in [0.1, 0.15) is 17.2 Å². The van der Waals surface area contributed by atoms with E-state index in [2.05, 4.69) is 49.0 Å². The number of aryl methyl sites for hydroxylation is 1. The van der Waals surface area contributed by atoms with Crippen LogP contribution in [0.5, 0.6) is 17.2 Å². The van der Waals surface area contributed by atoms with Crippen LogP contribution in [-0.4, -0.2) is 6.10 Å². The molecule has 1 unspecified atom stereocenters. The monoisotopic (exact) mass is 386 g/mol. The summed E-state index contributed by atoms with van der Waals surface area (Å²) in [5.74, 6) is 3.02. The molecule has 2 heteroatoms. The molecule has 3 aromatic carbocycles. The first-order valence-corrected chi connectivity index (χ1v) is 10.3. The van der Waals surface area contributed by atoms with Gasteiger partial charge in [0.25, 0.3) is 0 Å². The van der Waals surface area contributed by atoms with Crippen molar-refractivity contribution in [3.63, 3.8) is 0 Å². The second-order valence-corrected chi connectivity index (χ2v) is 7.53. The zero-order chi connectivity index (χ0) is 20.5. The highest BCUT2D eigenvalue weighted by molar-refractivity contribution is 5.34. The van der Waals surface area contributed by atoms with Gasteiger partial charge in [-0.2, -0.15) is 0 Å². The maximum absolute atomic E-state index is 5.95. The first-order valence-electron chi connectivity index (χ1n) is 10.3. The van der Waals surface area contributed by atoms with Crippen LogP contribution in [0.4, 0.5) is 0 Å². The Balaban J connectivity index is 1.54. The minimum atomic E-state index is 0.192. The Bertz CT molecular complexity index is 882. The zero-order valence-electron chi connectivity index (χ0n) is 17.4. The Morgan fingerprint density at radius 1 is 0.828 bits per heavy atom. The number of rotatable bonds is 10. The normalized spacial score (nSPS) is 11.8. The zero-order valence-corrected chi connectivity index (χ0v) is 17.4. The number of ether oxygens (including phenoxy) is 2. The maximum atomic E-state index is 5.95. The molecule has 0 amide bonds. The molecule has 150 valence electrons. The molecule has 0 aromatic heterocycles. The predicted molar refractivity (Wildman–Crippen MR) is 121 cm³/mol. The quantitative estimate of drug-likeness (QED) is 0.335. The molecule has 0 N–H and O–H groups in total. The topological polar surface area (TPSA) is 18.5 Å². The fourth-order valence-electron chi connectivity index (χ4n) is 3.40. The van der Waals surface area contributed by atoms with E-state index in [4.69, 9.17) is 9.47 Å². The summed E-state index contributed by atoms with van der Waals surface area (Å²) in [6.45, 7) is 8.13. The van der Waals surface area contributed by atoms with Gasteiger partial charge in [-0.05, 0) is 80.6 Å². The van der Waals surface area contributed by atoms with Gasteiger partial charge in [-0.25, -0.2) is 0 Å². The van der Waals surface area contributed by atoms with Crippen molar-refractivity contribution in [1.29, 1.82) is 0 Å². The molecule has 0 aliphatic rings. The van der Waals surface area contributed by atoms with E-state index in [0.717, 1.165) is 36.5 Å². The summed E-state index contributed by atoms with van der Waals surface area (Å²) in [7, 11) is 0. The van der Waals surface area contributed by atoms with Crippen LogP contribution in [0.1, 0.15) is 43.7 Å². The van der Waals surface area contributed by atoms with E-state index in [0.29, 0.717) is 5.92 Å². The number of hydrogen-bond donors (Lipinski definition) is 0. The van der Waals surface area contributed by atoms with Crippen molar-refractivity contribution in [3.05, 3.63) is 103 Å². The largest absolute Gasteiger partial charge is 0.491 e. The van der Waals surface area contributed by atoms with Crippen LogP contribution in [-0.2, 0) is 6.42 Å². The molecule has 0 bridgehead atoms. The molecular weight excluding hydrogens is 356 g/mol. The molecular formula is C27H30O2. The number of benzene rings is 3. The van der Waals surface area contributed by atoms with E-state index < -0.39 is 0 Å². The molecule has 3 rings (SSSR count). The highest BCUT2D eigenvalue weighted by Crippen LogP contribution is 2.27. The molecule has 0 saturated carbocycles. The molecule has 0 aliphatic heterocycles. The Kier molecular flexibility index (Phi) is 7.52. The van der Waals surface area contributed by atoms with Crippen molar-refractivity contribution in [2.45, 2.75) is 45.1 Å². The van der Waals surface area contributed by atoms with Crippen LogP contribution >= 0.6 is 0 Å². The van der Waals surface area contributed by atoms with Gasteiger partial charge in [0, 0.05) is 5.92 Å². The van der Waals surface area contributed by atoms with Gasteiger partial charge in [0.2, 0.25) is 0 Å². The van der Waals surface area contributed by atoms with Gasteiger partial charge in [-0.15, -0.1) is 6.58 Å². The van der Waals surface area contributed by atoms with Gasteiger partial charge >= 0.3 is 0 Å². The lowest BCUT2D eigenvalue weighted by Gasteiger charge is -2.15. The summed E-state index contributed by atoms with van der Waals surface area (Å²) in [5, 5.41) is 0. The van der Waals surface area contributed by atoms with Gasteiger partial charge in [-0.1, -0.05) is 48.5 Å². The van der Waals surface area contributed by atoms with Crippen molar-refractivity contribution in [2.24, 2.45) is 0 Å². The van der Waals surface area contributed by atoms with Gasteiger partial charge in [-0.3, -0.25) is 0 Å². The highest BCUT2D eigenvalue weighted by atomic mass is 16.5. The van der Waals surface area contributed by atoms with E-state index in [9.17, 15) is 0 Å². The molecule has 0 radical (unpaired) electrons. The average Bonchev–Trinajstić information content (AvgIpc) is 2.73. The van der Waals surface area contributed by atoms with Crippen molar-refractivity contribution >= 4 is 0 Å². The van der Waals surface area contributed by atoms with Crippen LogP contribution in [0.25, 0.3) is 0 Å². The first kappa shape index (κ1) is 20.7. The third kappa shape index (κ3) is 6.53. The lowest BCUT2D eigenvalue weighted by atomic mass is 9.92. The fraction of sp³-hybridized carbons (Fsp3) is 0.259. The molecule has 0 heterocycles. The number of allylic oxidation sites excluding steroid dienone is 1. The Hall–Kier alpha value is -3.00. The van der Waals surface area contributed by atoms with Crippen LogP contribution in [0.2, 0.25) is 0 Å². The van der Waals surface area contributed by atoms with E-state index in [-0.39, 0.29) is 6.10 Å². The fourth-order valence-corrected chi connectivity index (χ4v) is 3.40. The smallest absolute Gasteiger partial charge is 0.127 e.